The highest BCUT2D eigenvalue weighted by molar-refractivity contribution is 5.35. The highest BCUT2D eigenvalue weighted by Crippen LogP contribution is 2.24. The number of nitrogens with zero attached hydrogens (tertiary/aromatic N) is 1. The highest BCUT2D eigenvalue weighted by Gasteiger charge is 2.18. The van der Waals surface area contributed by atoms with Crippen LogP contribution in [0.15, 0.2) is 24.3 Å². The SMILES string of the molecule is CCCC(NC(C)C(C)CC)c1cccc([N+](=O)[O-])c1. The molecule has 4 heteroatoms. The molecule has 0 radical (unpaired) electrons. The van der Waals surface area contributed by atoms with Crippen molar-refractivity contribution in [1.29, 1.82) is 0 Å². The number of hydrogen-bond acceptors (Lipinski definition) is 3. The van der Waals surface area contributed by atoms with E-state index in [4.69, 9.17) is 0 Å². The number of nitro groups is 1. The summed E-state index contributed by atoms with van der Waals surface area (Å²) < 4.78 is 0. The van der Waals surface area contributed by atoms with Gasteiger partial charge in [-0.15, -0.1) is 0 Å². The lowest BCUT2D eigenvalue weighted by Gasteiger charge is -2.27. The van der Waals surface area contributed by atoms with Crippen LogP contribution in [0.3, 0.4) is 0 Å². The van der Waals surface area contributed by atoms with E-state index < -0.39 is 0 Å². The third-order valence-electron chi connectivity index (χ3n) is 4.02. The third kappa shape index (κ3) is 4.60. The summed E-state index contributed by atoms with van der Waals surface area (Å²) in [5, 5.41) is 14.5. The van der Waals surface area contributed by atoms with Crippen molar-refractivity contribution in [1.82, 2.24) is 5.32 Å². The van der Waals surface area contributed by atoms with Gasteiger partial charge in [0.05, 0.1) is 4.92 Å². The molecule has 0 amide bonds. The molecule has 0 aliphatic rings. The lowest BCUT2D eigenvalue weighted by Crippen LogP contribution is -2.35. The van der Waals surface area contributed by atoms with Crippen molar-refractivity contribution in [3.63, 3.8) is 0 Å². The number of non-ortho nitro benzene ring substituents is 1. The van der Waals surface area contributed by atoms with E-state index in [0.29, 0.717) is 12.0 Å². The van der Waals surface area contributed by atoms with Crippen molar-refractivity contribution in [2.75, 3.05) is 0 Å². The molecule has 1 N–H and O–H groups in total. The maximum atomic E-state index is 10.9. The Labute approximate surface area is 121 Å². The van der Waals surface area contributed by atoms with E-state index in [1.807, 2.05) is 6.07 Å². The molecule has 1 aromatic carbocycles. The second-order valence-corrected chi connectivity index (χ2v) is 5.53. The number of nitrogens with one attached hydrogen (secondary N) is 1. The van der Waals surface area contributed by atoms with E-state index in [1.165, 1.54) is 0 Å². The van der Waals surface area contributed by atoms with Crippen LogP contribution in [0, 0.1) is 16.0 Å². The molecule has 0 bridgehead atoms. The number of rotatable bonds is 8. The average molecular weight is 278 g/mol. The second kappa shape index (κ2) is 8.00. The molecule has 112 valence electrons. The summed E-state index contributed by atoms with van der Waals surface area (Å²) in [4.78, 5) is 10.6. The molecule has 0 fully saturated rings. The Balaban J connectivity index is 2.90. The average Bonchev–Trinajstić information content (AvgIpc) is 2.45. The van der Waals surface area contributed by atoms with Gasteiger partial charge in [0.2, 0.25) is 0 Å². The van der Waals surface area contributed by atoms with Gasteiger partial charge in [-0.25, -0.2) is 0 Å². The fourth-order valence-electron chi connectivity index (χ4n) is 2.33. The zero-order valence-electron chi connectivity index (χ0n) is 12.9. The number of benzene rings is 1. The minimum atomic E-state index is -0.329. The van der Waals surface area contributed by atoms with Gasteiger partial charge in [0.25, 0.3) is 5.69 Å². The van der Waals surface area contributed by atoms with Gasteiger partial charge in [-0.05, 0) is 24.8 Å². The van der Waals surface area contributed by atoms with Gasteiger partial charge in [-0.1, -0.05) is 45.7 Å². The normalized spacial score (nSPS) is 15.6. The number of hydrogen-bond donors (Lipinski definition) is 1. The van der Waals surface area contributed by atoms with E-state index >= 15 is 0 Å². The quantitative estimate of drug-likeness (QED) is 0.564. The van der Waals surface area contributed by atoms with Crippen LogP contribution in [-0.2, 0) is 0 Å². The van der Waals surface area contributed by atoms with E-state index in [9.17, 15) is 10.1 Å². The standard InChI is InChI=1S/C16H26N2O2/c1-5-8-16(17-13(4)12(3)6-2)14-9-7-10-15(11-14)18(19)20/h7,9-13,16-17H,5-6,8H2,1-4H3. The van der Waals surface area contributed by atoms with Gasteiger partial charge < -0.3 is 5.32 Å². The van der Waals surface area contributed by atoms with Crippen LogP contribution in [0.5, 0.6) is 0 Å². The van der Waals surface area contributed by atoms with Crippen LogP contribution in [0.25, 0.3) is 0 Å². The van der Waals surface area contributed by atoms with Crippen LogP contribution >= 0.6 is 0 Å². The van der Waals surface area contributed by atoms with Gasteiger partial charge in [0.1, 0.15) is 0 Å². The van der Waals surface area contributed by atoms with Crippen LogP contribution in [0.4, 0.5) is 5.69 Å². The lowest BCUT2D eigenvalue weighted by molar-refractivity contribution is -0.384. The Kier molecular flexibility index (Phi) is 6.65. The van der Waals surface area contributed by atoms with Crippen molar-refractivity contribution in [3.8, 4) is 0 Å². The zero-order valence-corrected chi connectivity index (χ0v) is 12.9. The van der Waals surface area contributed by atoms with Crippen molar-refractivity contribution in [3.05, 3.63) is 39.9 Å². The highest BCUT2D eigenvalue weighted by atomic mass is 16.6. The molecule has 0 aromatic heterocycles. The topological polar surface area (TPSA) is 55.2 Å². The summed E-state index contributed by atoms with van der Waals surface area (Å²) in [6, 6.07) is 7.57. The van der Waals surface area contributed by atoms with Gasteiger partial charge >= 0.3 is 0 Å². The van der Waals surface area contributed by atoms with E-state index in [1.54, 1.807) is 18.2 Å². The van der Waals surface area contributed by atoms with Crippen LogP contribution < -0.4 is 5.32 Å². The van der Waals surface area contributed by atoms with Crippen molar-refractivity contribution < 1.29 is 4.92 Å². The summed E-state index contributed by atoms with van der Waals surface area (Å²) in [6.07, 6.45) is 3.16. The van der Waals surface area contributed by atoms with E-state index in [2.05, 4.69) is 33.0 Å². The molecule has 0 saturated heterocycles. The molecule has 0 saturated carbocycles. The smallest absolute Gasteiger partial charge is 0.269 e. The molecule has 0 aliphatic carbocycles. The summed E-state index contributed by atoms with van der Waals surface area (Å²) in [7, 11) is 0. The molecule has 1 aromatic rings. The van der Waals surface area contributed by atoms with Crippen LogP contribution in [0.2, 0.25) is 0 Å². The molecule has 3 unspecified atom stereocenters. The van der Waals surface area contributed by atoms with Gasteiger partial charge in [0, 0.05) is 24.2 Å². The summed E-state index contributed by atoms with van der Waals surface area (Å²) in [6.45, 7) is 8.74. The van der Waals surface area contributed by atoms with Gasteiger partial charge in [0.15, 0.2) is 0 Å². The first-order valence-electron chi connectivity index (χ1n) is 7.49. The molecular weight excluding hydrogens is 252 g/mol. The van der Waals surface area contributed by atoms with Crippen LogP contribution in [-0.4, -0.2) is 11.0 Å². The van der Waals surface area contributed by atoms with E-state index in [-0.39, 0.29) is 16.7 Å². The lowest BCUT2D eigenvalue weighted by atomic mass is 9.96. The maximum absolute atomic E-state index is 10.9. The third-order valence-corrected chi connectivity index (χ3v) is 4.02. The molecule has 0 spiro atoms. The van der Waals surface area contributed by atoms with Crippen LogP contribution in [0.1, 0.15) is 58.6 Å². The zero-order chi connectivity index (χ0) is 15.1. The summed E-state index contributed by atoms with van der Waals surface area (Å²) >= 11 is 0. The molecule has 4 nitrogen and oxygen atoms in total. The Hall–Kier alpha value is -1.42. The Morgan fingerprint density at radius 1 is 1.30 bits per heavy atom. The van der Waals surface area contributed by atoms with Gasteiger partial charge in [-0.3, -0.25) is 10.1 Å². The van der Waals surface area contributed by atoms with Crippen molar-refractivity contribution in [2.45, 2.75) is 59.0 Å². The molecule has 20 heavy (non-hydrogen) atoms. The monoisotopic (exact) mass is 278 g/mol. The number of nitro benzene ring substituents is 1. The largest absolute Gasteiger partial charge is 0.307 e. The maximum Gasteiger partial charge on any atom is 0.269 e. The van der Waals surface area contributed by atoms with Crippen molar-refractivity contribution >= 4 is 5.69 Å². The Morgan fingerprint density at radius 2 is 2.00 bits per heavy atom. The Morgan fingerprint density at radius 3 is 2.55 bits per heavy atom. The first kappa shape index (κ1) is 16.6. The summed E-state index contributed by atoms with van der Waals surface area (Å²) in [5.41, 5.74) is 1.18. The fourth-order valence-corrected chi connectivity index (χ4v) is 2.33. The van der Waals surface area contributed by atoms with Gasteiger partial charge in [-0.2, -0.15) is 0 Å². The minimum absolute atomic E-state index is 0.168. The molecule has 0 heterocycles. The predicted octanol–water partition coefficient (Wildman–Crippen LogP) is 4.46. The first-order chi connectivity index (χ1) is 9.49. The first-order valence-corrected chi connectivity index (χ1v) is 7.49. The van der Waals surface area contributed by atoms with E-state index in [0.717, 1.165) is 24.8 Å². The second-order valence-electron chi connectivity index (χ2n) is 5.53. The molecular formula is C16H26N2O2. The minimum Gasteiger partial charge on any atom is -0.307 e. The molecule has 1 rings (SSSR count). The Bertz CT molecular complexity index is 434. The molecule has 3 atom stereocenters. The molecule has 0 aliphatic heterocycles. The van der Waals surface area contributed by atoms with Crippen molar-refractivity contribution in [2.24, 2.45) is 5.92 Å². The fraction of sp³-hybridized carbons (Fsp3) is 0.625. The summed E-state index contributed by atoms with van der Waals surface area (Å²) in [5.74, 6) is 0.591. The predicted molar refractivity (Wildman–Crippen MR) is 82.8 cm³/mol.